The lowest BCUT2D eigenvalue weighted by atomic mass is 9.83. The molecule has 1 aromatic heterocycles. The third-order valence-corrected chi connectivity index (χ3v) is 8.91. The smallest absolute Gasteiger partial charge is 0.200 e. The van der Waals surface area contributed by atoms with Crippen LogP contribution in [0.25, 0.3) is 43.6 Å². The van der Waals surface area contributed by atoms with Crippen molar-refractivity contribution >= 4 is 44.1 Å². The first-order chi connectivity index (χ1) is 17.2. The molecule has 0 spiro atoms. The third kappa shape index (κ3) is 3.28. The summed E-state index contributed by atoms with van der Waals surface area (Å²) < 4.78 is 2.31. The molecular formula is C33H31N2S+. The van der Waals surface area contributed by atoms with E-state index in [2.05, 4.69) is 99.2 Å². The summed E-state index contributed by atoms with van der Waals surface area (Å²) in [6, 6.07) is 22.6. The first kappa shape index (κ1) is 23.1. The Hall–Kier alpha value is -3.35. The Morgan fingerprint density at radius 3 is 2.44 bits per heavy atom. The van der Waals surface area contributed by atoms with Gasteiger partial charge < -0.3 is 0 Å². The molecule has 3 heteroatoms. The fraction of sp³-hybridized carbons (Fsp3) is 0.273. The van der Waals surface area contributed by atoms with Crippen LogP contribution in [0.1, 0.15) is 50.3 Å². The molecule has 4 aromatic carbocycles. The number of hydrogen-bond donors (Lipinski definition) is 0. The van der Waals surface area contributed by atoms with Crippen molar-refractivity contribution in [2.75, 3.05) is 0 Å². The zero-order valence-electron chi connectivity index (χ0n) is 21.9. The molecule has 0 amide bonds. The third-order valence-electron chi connectivity index (χ3n) is 7.74. The van der Waals surface area contributed by atoms with Crippen LogP contribution in [0.5, 0.6) is 0 Å². The molecule has 0 saturated carbocycles. The molecule has 36 heavy (non-hydrogen) atoms. The van der Waals surface area contributed by atoms with Gasteiger partial charge in [-0.2, -0.15) is 5.26 Å². The number of nitrogens with zero attached hydrogens (tertiary/aromatic N) is 2. The van der Waals surface area contributed by atoms with Gasteiger partial charge in [-0.25, -0.2) is 4.57 Å². The normalized spacial score (nSPS) is 12.9. The summed E-state index contributed by atoms with van der Waals surface area (Å²) in [5, 5.41) is 17.6. The molecule has 0 radical (unpaired) electrons. The molecule has 6 rings (SSSR count). The second-order valence-corrected chi connectivity index (χ2v) is 12.2. The zero-order valence-corrected chi connectivity index (χ0v) is 22.7. The van der Waals surface area contributed by atoms with E-state index in [-0.39, 0.29) is 0 Å². The molecule has 1 aliphatic rings. The Kier molecular flexibility index (Phi) is 5.18. The minimum atomic E-state index is -0.415. The van der Waals surface area contributed by atoms with Gasteiger partial charge in [0.15, 0.2) is 6.20 Å². The lowest BCUT2D eigenvalue weighted by Gasteiger charge is -2.27. The summed E-state index contributed by atoms with van der Waals surface area (Å²) in [4.78, 5) is 2.72. The van der Waals surface area contributed by atoms with Crippen molar-refractivity contribution in [2.45, 2.75) is 56.7 Å². The lowest BCUT2D eigenvalue weighted by Crippen LogP contribution is -2.32. The van der Waals surface area contributed by atoms with Crippen molar-refractivity contribution in [1.29, 1.82) is 5.26 Å². The largest absolute Gasteiger partial charge is 0.222 e. The Morgan fingerprint density at radius 2 is 1.72 bits per heavy atom. The molecule has 0 unspecified atom stereocenters. The number of nitriles is 1. The van der Waals surface area contributed by atoms with Crippen molar-refractivity contribution in [3.63, 3.8) is 0 Å². The molecule has 0 aliphatic carbocycles. The van der Waals surface area contributed by atoms with Crippen LogP contribution in [0, 0.1) is 23.7 Å². The molecule has 2 nitrogen and oxygen atoms in total. The van der Waals surface area contributed by atoms with Gasteiger partial charge in [0, 0.05) is 21.2 Å². The molecule has 0 atom stereocenters. The van der Waals surface area contributed by atoms with Gasteiger partial charge in [0.1, 0.15) is 7.05 Å². The molecule has 178 valence electrons. The molecular weight excluding hydrogens is 456 g/mol. The average molecular weight is 488 g/mol. The van der Waals surface area contributed by atoms with Gasteiger partial charge in [-0.1, -0.05) is 68.1 Å². The van der Waals surface area contributed by atoms with E-state index in [0.717, 1.165) is 6.42 Å². The topological polar surface area (TPSA) is 27.7 Å². The lowest BCUT2D eigenvalue weighted by molar-refractivity contribution is -0.659. The van der Waals surface area contributed by atoms with Crippen molar-refractivity contribution in [3.8, 4) is 17.3 Å². The Labute approximate surface area is 217 Å². The summed E-state index contributed by atoms with van der Waals surface area (Å²) in [6.45, 7) is 11.0. The van der Waals surface area contributed by atoms with Gasteiger partial charge >= 0.3 is 0 Å². The maximum atomic E-state index is 9.75. The fourth-order valence-corrected chi connectivity index (χ4v) is 7.64. The first-order valence-electron chi connectivity index (χ1n) is 12.7. The Balaban J connectivity index is 1.78. The highest BCUT2D eigenvalue weighted by atomic mass is 32.2. The molecule has 1 aliphatic heterocycles. The summed E-state index contributed by atoms with van der Waals surface area (Å²) >= 11 is 1.94. The van der Waals surface area contributed by atoms with Crippen LogP contribution in [0.15, 0.2) is 70.6 Å². The minimum Gasteiger partial charge on any atom is -0.200 e. The number of aromatic nitrogens is 1. The quantitative estimate of drug-likeness (QED) is 0.185. The Morgan fingerprint density at radius 1 is 0.972 bits per heavy atom. The van der Waals surface area contributed by atoms with Gasteiger partial charge in [-0.3, -0.25) is 0 Å². The van der Waals surface area contributed by atoms with E-state index < -0.39 is 5.41 Å². The standard InChI is InChI=1S/C33H31N2S/c1-19(2)27-24-13-8-7-12-23(24)20(3)28-31-30-25(14-15-35(31)6)29-21(16-26(30)36-32(27)28)10-9-11-22(29)17-33(4,5)18-34/h7-16,19H,17H2,1-6H3/q+1. The van der Waals surface area contributed by atoms with E-state index in [1.165, 1.54) is 70.1 Å². The van der Waals surface area contributed by atoms with Gasteiger partial charge in [0.2, 0.25) is 5.69 Å². The number of aryl methyl sites for hydroxylation is 2. The molecule has 2 heterocycles. The van der Waals surface area contributed by atoms with E-state index >= 15 is 0 Å². The number of pyridine rings is 1. The molecule has 5 aromatic rings. The summed E-state index contributed by atoms with van der Waals surface area (Å²) in [6.07, 6.45) is 2.95. The van der Waals surface area contributed by atoms with Crippen LogP contribution in [0.4, 0.5) is 0 Å². The maximum Gasteiger partial charge on any atom is 0.222 e. The van der Waals surface area contributed by atoms with Crippen LogP contribution in [0.3, 0.4) is 0 Å². The second kappa shape index (κ2) is 8.08. The highest BCUT2D eigenvalue weighted by Crippen LogP contribution is 2.54. The number of hydrogen-bond acceptors (Lipinski definition) is 2. The number of fused-ring (bicyclic) bond motifs is 5. The second-order valence-electron chi connectivity index (χ2n) is 11.2. The predicted molar refractivity (Wildman–Crippen MR) is 152 cm³/mol. The van der Waals surface area contributed by atoms with Gasteiger partial charge in [0.25, 0.3) is 0 Å². The Bertz CT molecular complexity index is 1770. The summed E-state index contributed by atoms with van der Waals surface area (Å²) in [5.74, 6) is 0.420. The SMILES string of the molecule is Cc1c2c(c(C(C)C)c3ccccc13)Sc1cc3cccc(CC(C)(C)C#N)c3c3cc[n+](C)c-2c13. The number of rotatable bonds is 3. The van der Waals surface area contributed by atoms with Crippen LogP contribution in [-0.2, 0) is 13.5 Å². The highest BCUT2D eigenvalue weighted by molar-refractivity contribution is 8.00. The van der Waals surface area contributed by atoms with Gasteiger partial charge in [-0.15, -0.1) is 0 Å². The average Bonchev–Trinajstić information content (AvgIpc) is 2.85. The summed E-state index contributed by atoms with van der Waals surface area (Å²) in [5.41, 5.74) is 6.31. The molecule has 0 bridgehead atoms. The van der Waals surface area contributed by atoms with Crippen molar-refractivity contribution in [2.24, 2.45) is 12.5 Å². The van der Waals surface area contributed by atoms with E-state index in [0.29, 0.717) is 5.92 Å². The van der Waals surface area contributed by atoms with E-state index in [1.54, 1.807) is 0 Å². The predicted octanol–water partition coefficient (Wildman–Crippen LogP) is 8.63. The molecule has 0 N–H and O–H groups in total. The molecule has 0 saturated heterocycles. The number of benzene rings is 4. The van der Waals surface area contributed by atoms with Crippen LogP contribution < -0.4 is 4.57 Å². The zero-order chi connectivity index (χ0) is 25.4. The van der Waals surface area contributed by atoms with Gasteiger partial charge in [0.05, 0.1) is 22.4 Å². The van der Waals surface area contributed by atoms with Gasteiger partial charge in [-0.05, 0) is 77.4 Å². The van der Waals surface area contributed by atoms with Crippen molar-refractivity contribution in [1.82, 2.24) is 0 Å². The van der Waals surface area contributed by atoms with Crippen molar-refractivity contribution in [3.05, 3.63) is 77.5 Å². The first-order valence-corrected chi connectivity index (χ1v) is 13.5. The summed E-state index contributed by atoms with van der Waals surface area (Å²) in [7, 11) is 2.18. The van der Waals surface area contributed by atoms with E-state index in [9.17, 15) is 5.26 Å². The molecule has 0 fully saturated rings. The monoisotopic (exact) mass is 487 g/mol. The van der Waals surface area contributed by atoms with Crippen LogP contribution >= 0.6 is 11.8 Å². The van der Waals surface area contributed by atoms with Crippen molar-refractivity contribution < 1.29 is 4.57 Å². The fourth-order valence-electron chi connectivity index (χ4n) is 6.11. The minimum absolute atomic E-state index is 0.415. The highest BCUT2D eigenvalue weighted by Gasteiger charge is 2.33. The maximum absolute atomic E-state index is 9.75. The van der Waals surface area contributed by atoms with E-state index in [4.69, 9.17) is 0 Å². The van der Waals surface area contributed by atoms with Crippen LogP contribution in [0.2, 0.25) is 0 Å². The van der Waals surface area contributed by atoms with Crippen LogP contribution in [-0.4, -0.2) is 0 Å². The van der Waals surface area contributed by atoms with E-state index in [1.807, 2.05) is 25.6 Å².